The van der Waals surface area contributed by atoms with Gasteiger partial charge in [0.2, 0.25) is 0 Å². The summed E-state index contributed by atoms with van der Waals surface area (Å²) in [6, 6.07) is 8.11. The molecule has 1 aromatic carbocycles. The molecule has 0 bridgehead atoms. The molecule has 0 aromatic heterocycles. The Morgan fingerprint density at radius 3 is 2.69 bits per heavy atom. The van der Waals surface area contributed by atoms with Crippen LogP contribution in [-0.4, -0.2) is 13.2 Å². The van der Waals surface area contributed by atoms with Crippen molar-refractivity contribution in [2.45, 2.75) is 26.7 Å². The molecule has 0 spiro atoms. The number of hydrogen-bond donors (Lipinski definition) is 0. The van der Waals surface area contributed by atoms with Crippen molar-refractivity contribution in [3.63, 3.8) is 0 Å². The molecule has 1 aromatic rings. The van der Waals surface area contributed by atoms with E-state index >= 15 is 0 Å². The average Bonchev–Trinajstić information content (AvgIpc) is 2.29. The SMILES string of the molecule is C=C(COc1ccccc1CCC)OCC. The highest BCUT2D eigenvalue weighted by molar-refractivity contribution is 5.33. The van der Waals surface area contributed by atoms with Crippen LogP contribution in [0, 0.1) is 0 Å². The van der Waals surface area contributed by atoms with E-state index in [4.69, 9.17) is 9.47 Å². The summed E-state index contributed by atoms with van der Waals surface area (Å²) in [5, 5.41) is 0. The van der Waals surface area contributed by atoms with Gasteiger partial charge in [-0.1, -0.05) is 38.1 Å². The molecular weight excluding hydrogens is 200 g/mol. The first kappa shape index (κ1) is 12.6. The van der Waals surface area contributed by atoms with Crippen LogP contribution in [-0.2, 0) is 11.2 Å². The van der Waals surface area contributed by atoms with E-state index < -0.39 is 0 Å². The monoisotopic (exact) mass is 220 g/mol. The van der Waals surface area contributed by atoms with Gasteiger partial charge in [-0.25, -0.2) is 0 Å². The van der Waals surface area contributed by atoms with Crippen LogP contribution in [0.5, 0.6) is 5.75 Å². The van der Waals surface area contributed by atoms with Gasteiger partial charge in [-0.15, -0.1) is 0 Å². The Labute approximate surface area is 97.9 Å². The molecule has 0 N–H and O–H groups in total. The molecule has 0 amide bonds. The van der Waals surface area contributed by atoms with E-state index in [-0.39, 0.29) is 0 Å². The summed E-state index contributed by atoms with van der Waals surface area (Å²) >= 11 is 0. The Balaban J connectivity index is 2.55. The Morgan fingerprint density at radius 2 is 2.00 bits per heavy atom. The highest BCUT2D eigenvalue weighted by Gasteiger charge is 2.02. The second-order valence-corrected chi connectivity index (χ2v) is 3.62. The summed E-state index contributed by atoms with van der Waals surface area (Å²) in [5.41, 5.74) is 1.24. The van der Waals surface area contributed by atoms with Crippen LogP contribution < -0.4 is 4.74 Å². The van der Waals surface area contributed by atoms with E-state index in [1.54, 1.807) is 0 Å². The first-order chi connectivity index (χ1) is 7.77. The summed E-state index contributed by atoms with van der Waals surface area (Å²) in [6.45, 7) is 8.95. The largest absolute Gasteiger partial charge is 0.495 e. The second kappa shape index (κ2) is 6.94. The number of aryl methyl sites for hydroxylation is 1. The highest BCUT2D eigenvalue weighted by atomic mass is 16.5. The second-order valence-electron chi connectivity index (χ2n) is 3.62. The van der Waals surface area contributed by atoms with Crippen molar-refractivity contribution in [3.8, 4) is 5.75 Å². The standard InChI is InChI=1S/C14H20O2/c1-4-8-13-9-6-7-10-14(13)16-11-12(3)15-5-2/h6-7,9-10H,3-5,8,11H2,1-2H3. The van der Waals surface area contributed by atoms with Gasteiger partial charge in [0.25, 0.3) is 0 Å². The molecular formula is C14H20O2. The van der Waals surface area contributed by atoms with Gasteiger partial charge in [-0.3, -0.25) is 0 Å². The number of rotatable bonds is 7. The van der Waals surface area contributed by atoms with Crippen LogP contribution in [0.25, 0.3) is 0 Å². The zero-order valence-electron chi connectivity index (χ0n) is 10.2. The van der Waals surface area contributed by atoms with Gasteiger partial charge < -0.3 is 9.47 Å². The van der Waals surface area contributed by atoms with Gasteiger partial charge in [-0.2, -0.15) is 0 Å². The smallest absolute Gasteiger partial charge is 0.145 e. The van der Waals surface area contributed by atoms with Crippen molar-refractivity contribution in [2.24, 2.45) is 0 Å². The predicted octanol–water partition coefficient (Wildman–Crippen LogP) is 3.57. The molecule has 0 aliphatic heterocycles. The average molecular weight is 220 g/mol. The van der Waals surface area contributed by atoms with Crippen molar-refractivity contribution in [1.29, 1.82) is 0 Å². The molecule has 0 radical (unpaired) electrons. The lowest BCUT2D eigenvalue weighted by Gasteiger charge is -2.12. The van der Waals surface area contributed by atoms with Gasteiger partial charge in [-0.05, 0) is 25.0 Å². The topological polar surface area (TPSA) is 18.5 Å². The maximum absolute atomic E-state index is 5.68. The van der Waals surface area contributed by atoms with Crippen LogP contribution in [0.1, 0.15) is 25.8 Å². The molecule has 88 valence electrons. The summed E-state index contributed by atoms with van der Waals surface area (Å²) in [5.74, 6) is 1.61. The lowest BCUT2D eigenvalue weighted by Crippen LogP contribution is -2.05. The third-order valence-corrected chi connectivity index (χ3v) is 2.23. The van der Waals surface area contributed by atoms with Crippen molar-refractivity contribution in [3.05, 3.63) is 42.2 Å². The molecule has 2 nitrogen and oxygen atoms in total. The maximum atomic E-state index is 5.68. The Kier molecular flexibility index (Phi) is 5.48. The predicted molar refractivity (Wildman–Crippen MR) is 66.7 cm³/mol. The summed E-state index contributed by atoms with van der Waals surface area (Å²) in [4.78, 5) is 0. The zero-order chi connectivity index (χ0) is 11.8. The van der Waals surface area contributed by atoms with Gasteiger partial charge in [0.05, 0.1) is 6.61 Å². The lowest BCUT2D eigenvalue weighted by atomic mass is 10.1. The van der Waals surface area contributed by atoms with Crippen molar-refractivity contribution >= 4 is 0 Å². The third-order valence-electron chi connectivity index (χ3n) is 2.23. The van der Waals surface area contributed by atoms with Gasteiger partial charge in [0, 0.05) is 0 Å². The normalized spacial score (nSPS) is 9.88. The van der Waals surface area contributed by atoms with Crippen molar-refractivity contribution < 1.29 is 9.47 Å². The molecule has 0 unspecified atom stereocenters. The molecule has 0 saturated carbocycles. The van der Waals surface area contributed by atoms with E-state index in [0.29, 0.717) is 19.0 Å². The first-order valence-corrected chi connectivity index (χ1v) is 5.79. The molecule has 1 rings (SSSR count). The summed E-state index contributed by atoms with van der Waals surface area (Å²) in [6.07, 6.45) is 2.16. The number of hydrogen-bond acceptors (Lipinski definition) is 2. The molecule has 0 heterocycles. The van der Waals surface area contributed by atoms with E-state index in [0.717, 1.165) is 18.6 Å². The summed E-state index contributed by atoms with van der Waals surface area (Å²) in [7, 11) is 0. The van der Waals surface area contributed by atoms with E-state index in [9.17, 15) is 0 Å². The van der Waals surface area contributed by atoms with Crippen LogP contribution in [0.3, 0.4) is 0 Å². The fourth-order valence-corrected chi connectivity index (χ4v) is 1.52. The number of ether oxygens (including phenoxy) is 2. The number of para-hydroxylation sites is 1. The van der Waals surface area contributed by atoms with E-state index in [1.807, 2.05) is 25.1 Å². The van der Waals surface area contributed by atoms with Crippen molar-refractivity contribution in [1.82, 2.24) is 0 Å². The fraction of sp³-hybridized carbons (Fsp3) is 0.429. The molecule has 16 heavy (non-hydrogen) atoms. The third kappa shape index (κ3) is 3.97. The van der Waals surface area contributed by atoms with Crippen LogP contribution in [0.2, 0.25) is 0 Å². The van der Waals surface area contributed by atoms with Crippen LogP contribution in [0.4, 0.5) is 0 Å². The first-order valence-electron chi connectivity index (χ1n) is 5.79. The van der Waals surface area contributed by atoms with Crippen molar-refractivity contribution in [2.75, 3.05) is 13.2 Å². The molecule has 0 aliphatic rings. The minimum absolute atomic E-state index is 0.425. The zero-order valence-corrected chi connectivity index (χ0v) is 10.2. The van der Waals surface area contributed by atoms with Gasteiger partial charge in [0.1, 0.15) is 18.1 Å². The molecule has 0 aliphatic carbocycles. The molecule has 0 atom stereocenters. The Hall–Kier alpha value is -1.44. The Morgan fingerprint density at radius 1 is 1.25 bits per heavy atom. The molecule has 2 heteroatoms. The molecule has 0 fully saturated rings. The fourth-order valence-electron chi connectivity index (χ4n) is 1.52. The Bertz CT molecular complexity index is 331. The number of benzene rings is 1. The van der Waals surface area contributed by atoms with Crippen LogP contribution >= 0.6 is 0 Å². The molecule has 0 saturated heterocycles. The highest BCUT2D eigenvalue weighted by Crippen LogP contribution is 2.19. The van der Waals surface area contributed by atoms with Gasteiger partial charge >= 0.3 is 0 Å². The lowest BCUT2D eigenvalue weighted by molar-refractivity contribution is 0.181. The minimum Gasteiger partial charge on any atom is -0.495 e. The summed E-state index contributed by atoms with van der Waals surface area (Å²) < 4.78 is 10.9. The van der Waals surface area contributed by atoms with Gasteiger partial charge in [0.15, 0.2) is 0 Å². The maximum Gasteiger partial charge on any atom is 0.145 e. The quantitative estimate of drug-likeness (QED) is 0.654. The van der Waals surface area contributed by atoms with Crippen LogP contribution in [0.15, 0.2) is 36.6 Å². The minimum atomic E-state index is 0.425. The van der Waals surface area contributed by atoms with E-state index in [2.05, 4.69) is 19.6 Å². The van der Waals surface area contributed by atoms with E-state index in [1.165, 1.54) is 5.56 Å².